The molecule has 0 aliphatic carbocycles. The van der Waals surface area contributed by atoms with Crippen molar-refractivity contribution in [3.63, 3.8) is 0 Å². The van der Waals surface area contributed by atoms with Crippen LogP contribution in [0, 0.1) is 10.1 Å². The smallest absolute Gasteiger partial charge is 0.269 e. The number of nitro benzene ring substituents is 1. The van der Waals surface area contributed by atoms with E-state index >= 15 is 0 Å². The quantitative estimate of drug-likeness (QED) is 0.590. The zero-order valence-corrected chi connectivity index (χ0v) is 8.36. The molecule has 0 aliphatic heterocycles. The van der Waals surface area contributed by atoms with E-state index in [0.717, 1.165) is 12.1 Å². The highest BCUT2D eigenvalue weighted by Crippen LogP contribution is 2.18. The first-order valence-corrected chi connectivity index (χ1v) is 4.63. The maximum atomic E-state index is 10.5. The Morgan fingerprint density at radius 3 is 2.86 bits per heavy atom. The zero-order valence-electron chi connectivity index (χ0n) is 8.36. The van der Waals surface area contributed by atoms with E-state index in [4.69, 9.17) is 0 Å². The maximum absolute atomic E-state index is 10.5. The van der Waals surface area contributed by atoms with Crippen molar-refractivity contribution in [2.24, 2.45) is 0 Å². The largest absolute Gasteiger partial charge is 0.310 e. The van der Waals surface area contributed by atoms with Crippen molar-refractivity contribution in [1.29, 1.82) is 0 Å². The van der Waals surface area contributed by atoms with Gasteiger partial charge >= 0.3 is 0 Å². The summed E-state index contributed by atoms with van der Waals surface area (Å²) in [6.07, 6.45) is 0. The minimum absolute atomic E-state index is 0.146. The number of benzene rings is 1. The van der Waals surface area contributed by atoms with Gasteiger partial charge in [0.25, 0.3) is 5.69 Å². The van der Waals surface area contributed by atoms with E-state index in [9.17, 15) is 10.1 Å². The van der Waals surface area contributed by atoms with Gasteiger partial charge in [-0.3, -0.25) is 10.1 Å². The number of hydrogen-bond donors (Lipinski definition) is 1. The summed E-state index contributed by atoms with van der Waals surface area (Å²) in [4.78, 5) is 10.1. The lowest BCUT2D eigenvalue weighted by atomic mass is 10.1. The average molecular weight is 194 g/mol. The van der Waals surface area contributed by atoms with E-state index < -0.39 is 0 Å². The molecular formula is C10H14N2O2. The maximum Gasteiger partial charge on any atom is 0.269 e. The Balaban J connectivity index is 2.87. The SMILES string of the molecule is CCNC(C)c1cccc([N+](=O)[O-])c1. The highest BCUT2D eigenvalue weighted by atomic mass is 16.6. The molecule has 0 saturated carbocycles. The molecule has 76 valence electrons. The number of nitrogens with zero attached hydrogens (tertiary/aromatic N) is 1. The molecule has 1 aromatic carbocycles. The molecule has 0 amide bonds. The topological polar surface area (TPSA) is 55.2 Å². The van der Waals surface area contributed by atoms with Gasteiger partial charge in [-0.15, -0.1) is 0 Å². The highest BCUT2D eigenvalue weighted by Gasteiger charge is 2.09. The van der Waals surface area contributed by atoms with Gasteiger partial charge in [0.05, 0.1) is 4.92 Å². The van der Waals surface area contributed by atoms with Crippen molar-refractivity contribution in [3.05, 3.63) is 39.9 Å². The summed E-state index contributed by atoms with van der Waals surface area (Å²) in [5.41, 5.74) is 1.09. The van der Waals surface area contributed by atoms with Crippen LogP contribution in [0.1, 0.15) is 25.5 Å². The molecular weight excluding hydrogens is 180 g/mol. The van der Waals surface area contributed by atoms with Crippen molar-refractivity contribution in [1.82, 2.24) is 5.32 Å². The van der Waals surface area contributed by atoms with Crippen LogP contribution in [0.5, 0.6) is 0 Å². The Kier molecular flexibility index (Phi) is 3.59. The Bertz CT molecular complexity index is 326. The Morgan fingerprint density at radius 2 is 2.29 bits per heavy atom. The molecule has 1 atom stereocenters. The number of rotatable bonds is 4. The Labute approximate surface area is 83.1 Å². The van der Waals surface area contributed by atoms with E-state index in [0.29, 0.717) is 0 Å². The normalized spacial score (nSPS) is 12.4. The molecule has 0 aromatic heterocycles. The zero-order chi connectivity index (χ0) is 10.6. The minimum Gasteiger partial charge on any atom is -0.310 e. The third kappa shape index (κ3) is 2.53. The van der Waals surface area contributed by atoms with Crippen LogP contribution in [-0.4, -0.2) is 11.5 Å². The summed E-state index contributed by atoms with van der Waals surface area (Å²) < 4.78 is 0. The number of hydrogen-bond acceptors (Lipinski definition) is 3. The number of nitrogens with one attached hydrogen (secondary N) is 1. The average Bonchev–Trinajstić information content (AvgIpc) is 2.18. The molecule has 0 fully saturated rings. The number of non-ortho nitro benzene ring substituents is 1. The molecule has 0 aliphatic rings. The summed E-state index contributed by atoms with van der Waals surface area (Å²) in [5, 5.41) is 13.7. The van der Waals surface area contributed by atoms with Gasteiger partial charge in [0.2, 0.25) is 0 Å². The second-order valence-electron chi connectivity index (χ2n) is 3.13. The lowest BCUT2D eigenvalue weighted by molar-refractivity contribution is -0.384. The highest BCUT2D eigenvalue weighted by molar-refractivity contribution is 5.35. The van der Waals surface area contributed by atoms with Crippen LogP contribution in [0.2, 0.25) is 0 Å². The fourth-order valence-corrected chi connectivity index (χ4v) is 1.33. The Hall–Kier alpha value is -1.42. The van der Waals surface area contributed by atoms with Gasteiger partial charge in [-0.25, -0.2) is 0 Å². The summed E-state index contributed by atoms with van der Waals surface area (Å²) >= 11 is 0. The van der Waals surface area contributed by atoms with Crippen molar-refractivity contribution < 1.29 is 4.92 Å². The minimum atomic E-state index is -0.373. The molecule has 1 aromatic rings. The standard InChI is InChI=1S/C10H14N2O2/c1-3-11-8(2)9-5-4-6-10(7-9)12(13)14/h4-8,11H,3H2,1-2H3. The molecule has 0 bridgehead atoms. The fourth-order valence-electron chi connectivity index (χ4n) is 1.33. The van der Waals surface area contributed by atoms with Gasteiger partial charge < -0.3 is 5.32 Å². The van der Waals surface area contributed by atoms with Gasteiger partial charge in [0.1, 0.15) is 0 Å². The predicted octanol–water partition coefficient (Wildman–Crippen LogP) is 2.27. The lowest BCUT2D eigenvalue weighted by Crippen LogP contribution is -2.17. The summed E-state index contributed by atoms with van der Waals surface area (Å²) in [7, 11) is 0. The lowest BCUT2D eigenvalue weighted by Gasteiger charge is -2.11. The van der Waals surface area contributed by atoms with Gasteiger partial charge in [-0.2, -0.15) is 0 Å². The van der Waals surface area contributed by atoms with Gasteiger partial charge in [-0.1, -0.05) is 19.1 Å². The second kappa shape index (κ2) is 4.72. The molecule has 4 nitrogen and oxygen atoms in total. The van der Waals surface area contributed by atoms with E-state index in [1.165, 1.54) is 6.07 Å². The first-order chi connectivity index (χ1) is 6.65. The Morgan fingerprint density at radius 1 is 1.57 bits per heavy atom. The summed E-state index contributed by atoms with van der Waals surface area (Å²) in [6, 6.07) is 6.86. The van der Waals surface area contributed by atoms with E-state index in [1.54, 1.807) is 12.1 Å². The third-order valence-corrected chi connectivity index (χ3v) is 2.09. The summed E-state index contributed by atoms with van der Waals surface area (Å²) in [5.74, 6) is 0. The molecule has 0 radical (unpaired) electrons. The van der Waals surface area contributed by atoms with E-state index in [2.05, 4.69) is 5.32 Å². The molecule has 0 heterocycles. The van der Waals surface area contributed by atoms with Gasteiger partial charge in [-0.05, 0) is 19.0 Å². The van der Waals surface area contributed by atoms with Crippen molar-refractivity contribution in [3.8, 4) is 0 Å². The van der Waals surface area contributed by atoms with E-state index in [1.807, 2.05) is 19.9 Å². The van der Waals surface area contributed by atoms with Gasteiger partial charge in [0, 0.05) is 18.2 Å². The van der Waals surface area contributed by atoms with Crippen LogP contribution in [0.15, 0.2) is 24.3 Å². The first kappa shape index (κ1) is 10.7. The first-order valence-electron chi connectivity index (χ1n) is 4.63. The molecule has 0 spiro atoms. The molecule has 14 heavy (non-hydrogen) atoms. The van der Waals surface area contributed by atoms with Crippen molar-refractivity contribution >= 4 is 5.69 Å². The fraction of sp³-hybridized carbons (Fsp3) is 0.400. The number of nitro groups is 1. The predicted molar refractivity (Wildman–Crippen MR) is 55.2 cm³/mol. The molecule has 1 rings (SSSR count). The molecule has 1 unspecified atom stereocenters. The van der Waals surface area contributed by atoms with Crippen molar-refractivity contribution in [2.45, 2.75) is 19.9 Å². The monoisotopic (exact) mass is 194 g/mol. The molecule has 4 heteroatoms. The van der Waals surface area contributed by atoms with Crippen LogP contribution in [0.4, 0.5) is 5.69 Å². The third-order valence-electron chi connectivity index (χ3n) is 2.09. The van der Waals surface area contributed by atoms with E-state index in [-0.39, 0.29) is 16.7 Å². The van der Waals surface area contributed by atoms with Crippen LogP contribution in [0.3, 0.4) is 0 Å². The van der Waals surface area contributed by atoms with Crippen LogP contribution in [-0.2, 0) is 0 Å². The van der Waals surface area contributed by atoms with Crippen LogP contribution < -0.4 is 5.32 Å². The van der Waals surface area contributed by atoms with Crippen LogP contribution in [0.25, 0.3) is 0 Å². The summed E-state index contributed by atoms with van der Waals surface area (Å²) in [6.45, 7) is 4.85. The van der Waals surface area contributed by atoms with Gasteiger partial charge in [0.15, 0.2) is 0 Å². The molecule has 0 saturated heterocycles. The second-order valence-corrected chi connectivity index (χ2v) is 3.13. The van der Waals surface area contributed by atoms with Crippen molar-refractivity contribution in [2.75, 3.05) is 6.54 Å². The molecule has 1 N–H and O–H groups in total. The van der Waals surface area contributed by atoms with Crippen LogP contribution >= 0.6 is 0 Å².